The highest BCUT2D eigenvalue weighted by atomic mass is 16.4. The molecule has 0 amide bonds. The van der Waals surface area contributed by atoms with Crippen molar-refractivity contribution in [3.05, 3.63) is 0 Å². The zero-order valence-electron chi connectivity index (χ0n) is 5.69. The van der Waals surface area contributed by atoms with Gasteiger partial charge in [0.25, 0.3) is 0 Å². The van der Waals surface area contributed by atoms with Crippen LogP contribution in [0.1, 0.15) is 6.42 Å². The molecule has 0 heterocycles. The number of hydrogen-bond acceptors (Lipinski definition) is 4. The van der Waals surface area contributed by atoms with E-state index in [0.717, 1.165) is 0 Å². The van der Waals surface area contributed by atoms with Gasteiger partial charge in [-0.15, -0.1) is 0 Å². The first-order chi connectivity index (χ1) is 5.13. The molecule has 4 heteroatoms. The second-order valence-electron chi connectivity index (χ2n) is 3.19. The van der Waals surface area contributed by atoms with Crippen LogP contribution in [0, 0.1) is 17.8 Å². The molecule has 0 spiro atoms. The van der Waals surface area contributed by atoms with Crippen molar-refractivity contribution in [3.63, 3.8) is 0 Å². The van der Waals surface area contributed by atoms with Crippen LogP contribution >= 0.6 is 0 Å². The second-order valence-corrected chi connectivity index (χ2v) is 3.19. The van der Waals surface area contributed by atoms with Crippen molar-refractivity contribution in [3.8, 4) is 0 Å². The second kappa shape index (κ2) is 1.82. The number of rotatable bonds is 1. The number of carboxylic acids is 1. The first kappa shape index (κ1) is 6.79. The molecule has 4 atom stereocenters. The van der Waals surface area contributed by atoms with Crippen molar-refractivity contribution in [1.82, 2.24) is 0 Å². The molecule has 0 radical (unpaired) electrons. The van der Waals surface area contributed by atoms with E-state index in [-0.39, 0.29) is 18.1 Å². The summed E-state index contributed by atoms with van der Waals surface area (Å²) >= 11 is 0. The van der Waals surface area contributed by atoms with Crippen LogP contribution in [-0.2, 0) is 9.59 Å². The van der Waals surface area contributed by atoms with Crippen molar-refractivity contribution in [1.29, 1.82) is 0 Å². The molecule has 2 saturated carbocycles. The highest BCUT2D eigenvalue weighted by molar-refractivity contribution is 5.94. The fraction of sp³-hybridized carbons (Fsp3) is 0.714. The standard InChI is InChI=1S/C7H8O4/c8-2-1-3(9)5-4(2)6(5)7(10)11/h2,4-6,8H,1H2,(H,10,11)/p-1. The number of fused-ring (bicyclic) bond motifs is 1. The van der Waals surface area contributed by atoms with Gasteiger partial charge in [0.05, 0.1) is 6.10 Å². The van der Waals surface area contributed by atoms with Crippen LogP contribution in [0.2, 0.25) is 0 Å². The molecule has 1 N–H and O–H groups in total. The summed E-state index contributed by atoms with van der Waals surface area (Å²) in [5.74, 6) is -2.81. The molecule has 0 aromatic carbocycles. The van der Waals surface area contributed by atoms with Gasteiger partial charge in [-0.25, -0.2) is 0 Å². The third kappa shape index (κ3) is 0.728. The number of hydrogen-bond donors (Lipinski definition) is 1. The summed E-state index contributed by atoms with van der Waals surface area (Å²) in [4.78, 5) is 21.2. The molecule has 0 aliphatic heterocycles. The van der Waals surface area contributed by atoms with Gasteiger partial charge < -0.3 is 15.0 Å². The maximum absolute atomic E-state index is 10.9. The van der Waals surface area contributed by atoms with Gasteiger partial charge in [-0.3, -0.25) is 4.79 Å². The van der Waals surface area contributed by atoms with Crippen LogP contribution in [0.4, 0.5) is 0 Å². The minimum absolute atomic E-state index is 0.124. The van der Waals surface area contributed by atoms with Crippen LogP contribution in [-0.4, -0.2) is 23.0 Å². The van der Waals surface area contributed by atoms with Gasteiger partial charge in [-0.1, -0.05) is 0 Å². The average molecular weight is 155 g/mol. The molecule has 2 aliphatic carbocycles. The summed E-state index contributed by atoms with van der Waals surface area (Å²) < 4.78 is 0. The van der Waals surface area contributed by atoms with Crippen LogP contribution in [0.3, 0.4) is 0 Å². The normalized spacial score (nSPS) is 47.2. The van der Waals surface area contributed by atoms with Gasteiger partial charge in [0, 0.05) is 30.1 Å². The summed E-state index contributed by atoms with van der Waals surface area (Å²) in [6, 6.07) is 0. The molecular formula is C7H7O4-. The molecule has 0 bridgehead atoms. The van der Waals surface area contributed by atoms with Gasteiger partial charge in [0.1, 0.15) is 5.78 Å². The zero-order chi connectivity index (χ0) is 8.17. The lowest BCUT2D eigenvalue weighted by molar-refractivity contribution is -0.309. The Kier molecular flexibility index (Phi) is 1.12. The van der Waals surface area contributed by atoms with Crippen LogP contribution in [0.5, 0.6) is 0 Å². The summed E-state index contributed by atoms with van der Waals surface area (Å²) in [6.45, 7) is 0. The van der Waals surface area contributed by atoms with E-state index in [0.29, 0.717) is 0 Å². The van der Waals surface area contributed by atoms with Gasteiger partial charge in [0.15, 0.2) is 0 Å². The Morgan fingerprint density at radius 3 is 2.55 bits per heavy atom. The minimum Gasteiger partial charge on any atom is -0.550 e. The molecular weight excluding hydrogens is 148 g/mol. The maximum atomic E-state index is 10.9. The smallest absolute Gasteiger partial charge is 0.139 e. The quantitative estimate of drug-likeness (QED) is 0.472. The first-order valence-corrected chi connectivity index (χ1v) is 3.54. The SMILES string of the molecule is O=C([O-])C1C2C(=O)CC(O)C12. The Morgan fingerprint density at radius 2 is 2.27 bits per heavy atom. The van der Waals surface area contributed by atoms with E-state index in [1.165, 1.54) is 0 Å². The van der Waals surface area contributed by atoms with Crippen molar-refractivity contribution >= 4 is 11.8 Å². The van der Waals surface area contributed by atoms with Crippen molar-refractivity contribution < 1.29 is 19.8 Å². The summed E-state index contributed by atoms with van der Waals surface area (Å²) in [6.07, 6.45) is -0.616. The Hall–Kier alpha value is -0.900. The van der Waals surface area contributed by atoms with E-state index < -0.39 is 23.9 Å². The molecule has 2 fully saturated rings. The van der Waals surface area contributed by atoms with E-state index in [1.807, 2.05) is 0 Å². The number of aliphatic hydroxyl groups excluding tert-OH is 1. The Labute approximate surface area is 62.8 Å². The largest absolute Gasteiger partial charge is 0.550 e. The summed E-state index contributed by atoms with van der Waals surface area (Å²) in [7, 11) is 0. The third-order valence-corrected chi connectivity index (χ3v) is 2.57. The number of carbonyl (C=O) groups excluding carboxylic acids is 2. The summed E-state index contributed by atoms with van der Waals surface area (Å²) in [5, 5.41) is 19.4. The first-order valence-electron chi connectivity index (χ1n) is 3.54. The molecule has 4 unspecified atom stereocenters. The average Bonchev–Trinajstić information content (AvgIpc) is 2.53. The molecule has 2 aliphatic rings. The molecule has 0 aromatic rings. The van der Waals surface area contributed by atoms with Crippen molar-refractivity contribution in [2.24, 2.45) is 17.8 Å². The predicted molar refractivity (Wildman–Crippen MR) is 31.1 cm³/mol. The lowest BCUT2D eigenvalue weighted by Crippen LogP contribution is -2.29. The number of carboxylic acid groups (broad SMARTS) is 1. The fourth-order valence-corrected chi connectivity index (χ4v) is 2.01. The highest BCUT2D eigenvalue weighted by Gasteiger charge is 2.63. The van der Waals surface area contributed by atoms with Gasteiger partial charge >= 0.3 is 0 Å². The molecule has 4 nitrogen and oxygen atoms in total. The number of ketones is 1. The zero-order valence-corrected chi connectivity index (χ0v) is 5.69. The third-order valence-electron chi connectivity index (χ3n) is 2.57. The molecule has 0 aromatic heterocycles. The topological polar surface area (TPSA) is 77.4 Å². The summed E-state index contributed by atoms with van der Waals surface area (Å²) in [5.41, 5.74) is 0. The van der Waals surface area contributed by atoms with Crippen LogP contribution in [0.25, 0.3) is 0 Å². The van der Waals surface area contributed by atoms with Gasteiger partial charge in [-0.2, -0.15) is 0 Å². The monoisotopic (exact) mass is 155 g/mol. The van der Waals surface area contributed by atoms with E-state index in [4.69, 9.17) is 5.11 Å². The molecule has 11 heavy (non-hydrogen) atoms. The van der Waals surface area contributed by atoms with Crippen LogP contribution < -0.4 is 5.11 Å². The highest BCUT2D eigenvalue weighted by Crippen LogP contribution is 2.55. The molecule has 60 valence electrons. The molecule has 0 saturated heterocycles. The number of aliphatic hydroxyl groups is 1. The van der Waals surface area contributed by atoms with Gasteiger partial charge in [-0.05, 0) is 0 Å². The van der Waals surface area contributed by atoms with E-state index in [1.54, 1.807) is 0 Å². The van der Waals surface area contributed by atoms with Gasteiger partial charge in [0.2, 0.25) is 0 Å². The lowest BCUT2D eigenvalue weighted by Gasteiger charge is -2.06. The number of Topliss-reactive ketones (excluding diaryl/α,β-unsaturated/α-hetero) is 1. The Balaban J connectivity index is 2.16. The van der Waals surface area contributed by atoms with Crippen LogP contribution in [0.15, 0.2) is 0 Å². The van der Waals surface area contributed by atoms with E-state index in [9.17, 15) is 14.7 Å². The lowest BCUT2D eigenvalue weighted by atomic mass is 10.1. The number of carbonyl (C=O) groups is 2. The van der Waals surface area contributed by atoms with Crippen molar-refractivity contribution in [2.75, 3.05) is 0 Å². The van der Waals surface area contributed by atoms with E-state index >= 15 is 0 Å². The number of aliphatic carboxylic acids is 1. The molecule has 2 rings (SSSR count). The fourth-order valence-electron chi connectivity index (χ4n) is 2.01. The Bertz CT molecular complexity index is 231. The minimum atomic E-state index is -1.20. The Morgan fingerprint density at radius 1 is 1.64 bits per heavy atom. The van der Waals surface area contributed by atoms with E-state index in [2.05, 4.69) is 0 Å². The van der Waals surface area contributed by atoms with Crippen molar-refractivity contribution in [2.45, 2.75) is 12.5 Å². The maximum Gasteiger partial charge on any atom is 0.139 e. The predicted octanol–water partition coefficient (Wildman–Crippen LogP) is -2.07.